The van der Waals surface area contributed by atoms with Crippen LogP contribution in [0.25, 0.3) is 0 Å². The number of carbonyl (C=O) groups is 1. The number of hydrogen-bond donors (Lipinski definition) is 2. The van der Waals surface area contributed by atoms with Crippen LogP contribution in [0.5, 0.6) is 5.75 Å². The molecular weight excluding hydrogens is 301 g/mol. The summed E-state index contributed by atoms with van der Waals surface area (Å²) in [7, 11) is 0. The Morgan fingerprint density at radius 2 is 1.89 bits per heavy atom. The van der Waals surface area contributed by atoms with Crippen LogP contribution in [0, 0.1) is 0 Å². The molecule has 0 spiro atoms. The molecule has 2 rings (SSSR count). The van der Waals surface area contributed by atoms with Gasteiger partial charge in [-0.25, -0.2) is 0 Å². The third-order valence-corrected chi connectivity index (χ3v) is 3.27. The normalized spacial score (nSPS) is 16.3. The van der Waals surface area contributed by atoms with Crippen LogP contribution >= 0.6 is 23.2 Å². The summed E-state index contributed by atoms with van der Waals surface area (Å²) in [5.41, 5.74) is 5.13. The number of carbonyl (C=O) groups excluding carboxylic acids is 1. The number of hydrogen-bond acceptors (Lipinski definition) is 3. The molecule has 0 bridgehead atoms. The average molecular weight is 311 g/mol. The van der Waals surface area contributed by atoms with Gasteiger partial charge in [-0.05, 0) is 25.0 Å². The van der Waals surface area contributed by atoms with Crippen molar-refractivity contribution in [2.24, 2.45) is 5.73 Å². The zero-order valence-electron chi connectivity index (χ0n) is 9.55. The first-order valence-corrected chi connectivity index (χ1v) is 6.11. The van der Waals surface area contributed by atoms with Gasteiger partial charge in [0, 0.05) is 5.69 Å². The average Bonchev–Trinajstić information content (AvgIpc) is 3.03. The Balaban J connectivity index is 2.17. The molecule has 1 aromatic rings. The largest absolute Gasteiger partial charge is 0.432 e. The highest BCUT2D eigenvalue weighted by Crippen LogP contribution is 2.38. The second-order valence-electron chi connectivity index (χ2n) is 4.26. The lowest BCUT2D eigenvalue weighted by Crippen LogP contribution is -2.37. The fraction of sp³-hybridized carbons (Fsp3) is 0.364. The quantitative estimate of drug-likeness (QED) is 0.898. The van der Waals surface area contributed by atoms with E-state index >= 15 is 0 Å². The first-order valence-electron chi connectivity index (χ1n) is 5.36. The van der Waals surface area contributed by atoms with Crippen LogP contribution in [0.4, 0.5) is 14.5 Å². The molecule has 1 aromatic carbocycles. The van der Waals surface area contributed by atoms with Gasteiger partial charge in [0.1, 0.15) is 0 Å². The van der Waals surface area contributed by atoms with Gasteiger partial charge in [-0.1, -0.05) is 23.2 Å². The number of halogens is 4. The minimum Gasteiger partial charge on any atom is -0.432 e. The summed E-state index contributed by atoms with van der Waals surface area (Å²) in [4.78, 5) is 11.7. The van der Waals surface area contributed by atoms with Crippen molar-refractivity contribution in [2.45, 2.75) is 25.0 Å². The van der Waals surface area contributed by atoms with Crippen molar-refractivity contribution < 1.29 is 18.3 Å². The van der Waals surface area contributed by atoms with Gasteiger partial charge < -0.3 is 15.8 Å². The molecule has 0 saturated heterocycles. The van der Waals surface area contributed by atoms with E-state index in [9.17, 15) is 13.6 Å². The third-order valence-electron chi connectivity index (χ3n) is 2.70. The lowest BCUT2D eigenvalue weighted by atomic mass is 10.2. The molecular formula is C11H10Cl2F2N2O2. The molecule has 0 radical (unpaired) electrons. The molecule has 1 fully saturated rings. The molecule has 0 atom stereocenters. The smallest absolute Gasteiger partial charge is 0.387 e. The fourth-order valence-corrected chi connectivity index (χ4v) is 2.03. The monoisotopic (exact) mass is 310 g/mol. The predicted molar refractivity (Wildman–Crippen MR) is 67.9 cm³/mol. The standard InChI is InChI=1S/C11H10Cl2F2N2O2/c12-6-3-5(17-9(18)11(16)1-2-11)4-7(13)8(6)19-10(14)15/h3-4,10H,1-2,16H2,(H,17,18). The molecule has 0 aliphatic heterocycles. The molecule has 1 aliphatic rings. The Morgan fingerprint density at radius 1 is 1.37 bits per heavy atom. The summed E-state index contributed by atoms with van der Waals surface area (Å²) in [5.74, 6) is -0.688. The van der Waals surface area contributed by atoms with Crippen molar-refractivity contribution >= 4 is 34.8 Å². The lowest BCUT2D eigenvalue weighted by molar-refractivity contribution is -0.118. The number of amides is 1. The zero-order valence-corrected chi connectivity index (χ0v) is 11.1. The number of anilines is 1. The maximum Gasteiger partial charge on any atom is 0.387 e. The van der Waals surface area contributed by atoms with Gasteiger partial charge in [0.25, 0.3) is 0 Å². The maximum atomic E-state index is 12.1. The van der Waals surface area contributed by atoms with E-state index in [-0.39, 0.29) is 27.4 Å². The molecule has 4 nitrogen and oxygen atoms in total. The number of nitrogens with one attached hydrogen (secondary N) is 1. The molecule has 0 heterocycles. The minimum atomic E-state index is -3.03. The molecule has 1 saturated carbocycles. The van der Waals surface area contributed by atoms with Crippen LogP contribution in [0.15, 0.2) is 12.1 Å². The molecule has 1 aliphatic carbocycles. The van der Waals surface area contributed by atoms with Crippen LogP contribution in [0.3, 0.4) is 0 Å². The number of rotatable bonds is 4. The highest BCUT2D eigenvalue weighted by Gasteiger charge is 2.46. The van der Waals surface area contributed by atoms with Gasteiger partial charge in [0.2, 0.25) is 5.91 Å². The molecule has 0 unspecified atom stereocenters. The van der Waals surface area contributed by atoms with Crippen LogP contribution < -0.4 is 15.8 Å². The van der Waals surface area contributed by atoms with Crippen molar-refractivity contribution in [3.8, 4) is 5.75 Å². The van der Waals surface area contributed by atoms with E-state index in [1.54, 1.807) is 0 Å². The predicted octanol–water partition coefficient (Wildman–Crippen LogP) is 3.02. The first kappa shape index (κ1) is 14.3. The lowest BCUT2D eigenvalue weighted by Gasteiger charge is -2.13. The van der Waals surface area contributed by atoms with E-state index in [4.69, 9.17) is 28.9 Å². The van der Waals surface area contributed by atoms with Crippen molar-refractivity contribution in [3.63, 3.8) is 0 Å². The van der Waals surface area contributed by atoms with Gasteiger partial charge >= 0.3 is 6.61 Å². The minimum absolute atomic E-state index is 0.120. The Kier molecular flexibility index (Phi) is 3.85. The highest BCUT2D eigenvalue weighted by molar-refractivity contribution is 6.37. The van der Waals surface area contributed by atoms with E-state index in [0.717, 1.165) is 0 Å². The number of benzene rings is 1. The van der Waals surface area contributed by atoms with E-state index < -0.39 is 12.2 Å². The Morgan fingerprint density at radius 3 is 2.32 bits per heavy atom. The second-order valence-corrected chi connectivity index (χ2v) is 5.07. The van der Waals surface area contributed by atoms with Gasteiger partial charge in [0.15, 0.2) is 5.75 Å². The Hall–Kier alpha value is -1.11. The van der Waals surface area contributed by atoms with Gasteiger partial charge in [-0.2, -0.15) is 8.78 Å². The van der Waals surface area contributed by atoms with E-state index in [1.165, 1.54) is 12.1 Å². The molecule has 0 aromatic heterocycles. The van der Waals surface area contributed by atoms with E-state index in [1.807, 2.05) is 0 Å². The summed E-state index contributed by atoms with van der Waals surface area (Å²) in [6, 6.07) is 2.55. The van der Waals surface area contributed by atoms with Crippen LogP contribution in [-0.4, -0.2) is 18.1 Å². The molecule has 104 valence electrons. The second kappa shape index (κ2) is 5.11. The SMILES string of the molecule is NC1(C(=O)Nc2cc(Cl)c(OC(F)F)c(Cl)c2)CC1. The van der Waals surface area contributed by atoms with Crippen LogP contribution in [-0.2, 0) is 4.79 Å². The van der Waals surface area contributed by atoms with Gasteiger partial charge in [-0.15, -0.1) is 0 Å². The summed E-state index contributed by atoms with van der Waals surface area (Å²) in [5, 5.41) is 2.29. The first-order chi connectivity index (χ1) is 8.82. The third kappa shape index (κ3) is 3.26. The zero-order chi connectivity index (χ0) is 14.2. The van der Waals surface area contributed by atoms with Crippen LogP contribution in [0.1, 0.15) is 12.8 Å². The fourth-order valence-electron chi connectivity index (χ4n) is 1.45. The van der Waals surface area contributed by atoms with E-state index in [2.05, 4.69) is 10.1 Å². The van der Waals surface area contributed by atoms with Crippen molar-refractivity contribution in [1.29, 1.82) is 0 Å². The Labute approximate surface area is 117 Å². The molecule has 3 N–H and O–H groups in total. The maximum absolute atomic E-state index is 12.1. The molecule has 1 amide bonds. The highest BCUT2D eigenvalue weighted by atomic mass is 35.5. The van der Waals surface area contributed by atoms with Crippen LogP contribution in [0.2, 0.25) is 10.0 Å². The number of nitrogens with two attached hydrogens (primary N) is 1. The Bertz CT molecular complexity index is 498. The van der Waals surface area contributed by atoms with Crippen molar-refractivity contribution in [2.75, 3.05) is 5.32 Å². The van der Waals surface area contributed by atoms with Crippen molar-refractivity contribution in [1.82, 2.24) is 0 Å². The number of alkyl halides is 2. The van der Waals surface area contributed by atoms with Gasteiger partial charge in [-0.3, -0.25) is 4.79 Å². The van der Waals surface area contributed by atoms with E-state index in [0.29, 0.717) is 12.8 Å². The molecule has 8 heteroatoms. The summed E-state index contributed by atoms with van der Waals surface area (Å²) >= 11 is 11.5. The molecule has 19 heavy (non-hydrogen) atoms. The summed E-state index contributed by atoms with van der Waals surface area (Å²) < 4.78 is 28.4. The summed E-state index contributed by atoms with van der Waals surface area (Å²) in [6.45, 7) is -3.03. The topological polar surface area (TPSA) is 64.4 Å². The number of ether oxygens (including phenoxy) is 1. The summed E-state index contributed by atoms with van der Waals surface area (Å²) in [6.07, 6.45) is 1.21. The van der Waals surface area contributed by atoms with Gasteiger partial charge in [0.05, 0.1) is 15.6 Å². The van der Waals surface area contributed by atoms with Crippen molar-refractivity contribution in [3.05, 3.63) is 22.2 Å².